The molecule has 1 aliphatic rings. The van der Waals surface area contributed by atoms with Crippen LogP contribution in [0.1, 0.15) is 57.4 Å². The van der Waals surface area contributed by atoms with Crippen molar-refractivity contribution in [1.29, 1.82) is 0 Å². The minimum atomic E-state index is 0.440. The zero-order valence-corrected chi connectivity index (χ0v) is 14.0. The Morgan fingerprint density at radius 3 is 2.29 bits per heavy atom. The Hall–Kier alpha value is -0.860. The minimum Gasteiger partial charge on any atom is -0.329 e. The first-order chi connectivity index (χ1) is 10.2. The van der Waals surface area contributed by atoms with E-state index in [2.05, 4.69) is 56.1 Å². The van der Waals surface area contributed by atoms with Crippen molar-refractivity contribution in [3.05, 3.63) is 35.9 Å². The average Bonchev–Trinajstić information content (AvgIpc) is 2.56. The highest BCUT2D eigenvalue weighted by atomic mass is 15.2. The molecule has 1 aromatic carbocycles. The van der Waals surface area contributed by atoms with E-state index in [1.807, 2.05) is 0 Å². The Kier molecular flexibility index (Phi) is 6.25. The van der Waals surface area contributed by atoms with Crippen LogP contribution in [0.25, 0.3) is 0 Å². The van der Waals surface area contributed by atoms with E-state index in [1.54, 1.807) is 0 Å². The van der Waals surface area contributed by atoms with Crippen molar-refractivity contribution in [2.24, 2.45) is 11.7 Å². The normalized spacial score (nSPS) is 25.8. The van der Waals surface area contributed by atoms with Gasteiger partial charge in [-0.25, -0.2) is 0 Å². The fraction of sp³-hybridized carbons (Fsp3) is 0.684. The van der Waals surface area contributed by atoms with Gasteiger partial charge in [0.05, 0.1) is 0 Å². The van der Waals surface area contributed by atoms with E-state index in [1.165, 1.54) is 37.7 Å². The third-order valence-corrected chi connectivity index (χ3v) is 5.64. The smallest absolute Gasteiger partial charge is 0.0284 e. The summed E-state index contributed by atoms with van der Waals surface area (Å²) in [6, 6.07) is 12.0. The summed E-state index contributed by atoms with van der Waals surface area (Å²) in [6.07, 6.45) is 6.81. The average molecular weight is 288 g/mol. The van der Waals surface area contributed by atoms with Crippen LogP contribution in [0.4, 0.5) is 0 Å². The van der Waals surface area contributed by atoms with Crippen molar-refractivity contribution in [1.82, 2.24) is 4.90 Å². The second-order valence-corrected chi connectivity index (χ2v) is 6.75. The Morgan fingerprint density at radius 1 is 1.14 bits per heavy atom. The summed E-state index contributed by atoms with van der Waals surface area (Å²) in [6.45, 7) is 5.39. The second kappa shape index (κ2) is 7.95. The van der Waals surface area contributed by atoms with Gasteiger partial charge in [-0.2, -0.15) is 0 Å². The molecule has 0 radical (unpaired) electrons. The van der Waals surface area contributed by atoms with Crippen molar-refractivity contribution in [2.45, 2.75) is 64.0 Å². The van der Waals surface area contributed by atoms with E-state index in [4.69, 9.17) is 5.73 Å². The topological polar surface area (TPSA) is 29.3 Å². The lowest BCUT2D eigenvalue weighted by Crippen LogP contribution is -2.48. The molecule has 1 saturated carbocycles. The molecule has 0 aromatic heterocycles. The summed E-state index contributed by atoms with van der Waals surface area (Å²) in [5.41, 5.74) is 7.54. The number of hydrogen-bond acceptors (Lipinski definition) is 2. The van der Waals surface area contributed by atoms with E-state index in [9.17, 15) is 0 Å². The molecular weight excluding hydrogens is 256 g/mol. The van der Waals surface area contributed by atoms with Gasteiger partial charge in [0.15, 0.2) is 0 Å². The van der Waals surface area contributed by atoms with E-state index in [-0.39, 0.29) is 0 Å². The molecule has 1 aromatic rings. The molecule has 0 saturated heterocycles. The number of likely N-dealkylation sites (N-methyl/N-ethyl adjacent to an activating group) is 1. The Morgan fingerprint density at radius 2 is 1.76 bits per heavy atom. The number of hydrogen-bond donors (Lipinski definition) is 1. The molecule has 118 valence electrons. The number of nitrogens with zero attached hydrogens (tertiary/aromatic N) is 1. The van der Waals surface area contributed by atoms with Gasteiger partial charge >= 0.3 is 0 Å². The van der Waals surface area contributed by atoms with Gasteiger partial charge in [-0.05, 0) is 50.1 Å². The van der Waals surface area contributed by atoms with Crippen molar-refractivity contribution >= 4 is 0 Å². The highest BCUT2D eigenvalue weighted by molar-refractivity contribution is 5.20. The molecule has 2 atom stereocenters. The van der Waals surface area contributed by atoms with E-state index >= 15 is 0 Å². The monoisotopic (exact) mass is 288 g/mol. The lowest BCUT2D eigenvalue weighted by Gasteiger charge is -2.41. The van der Waals surface area contributed by atoms with Crippen LogP contribution >= 0.6 is 0 Å². The Bertz CT molecular complexity index is 395. The summed E-state index contributed by atoms with van der Waals surface area (Å²) in [7, 11) is 2.29. The van der Waals surface area contributed by atoms with Crippen LogP contribution in [0, 0.1) is 5.92 Å². The van der Waals surface area contributed by atoms with E-state index < -0.39 is 0 Å². The number of benzene rings is 1. The fourth-order valence-electron chi connectivity index (χ4n) is 3.93. The van der Waals surface area contributed by atoms with Gasteiger partial charge in [-0.15, -0.1) is 0 Å². The summed E-state index contributed by atoms with van der Waals surface area (Å²) >= 11 is 0. The molecule has 0 spiro atoms. The van der Waals surface area contributed by atoms with Gasteiger partial charge in [0.25, 0.3) is 0 Å². The first-order valence-electron chi connectivity index (χ1n) is 8.64. The van der Waals surface area contributed by atoms with Crippen LogP contribution in [0.2, 0.25) is 0 Å². The maximum absolute atomic E-state index is 6.13. The predicted octanol–water partition coefficient (Wildman–Crippen LogP) is 4.02. The summed E-state index contributed by atoms with van der Waals surface area (Å²) in [4.78, 5) is 2.57. The maximum Gasteiger partial charge on any atom is 0.0284 e. The Balaban J connectivity index is 2.00. The zero-order chi connectivity index (χ0) is 15.2. The lowest BCUT2D eigenvalue weighted by molar-refractivity contribution is 0.110. The van der Waals surface area contributed by atoms with Gasteiger partial charge in [0, 0.05) is 18.6 Å². The molecule has 1 fully saturated rings. The van der Waals surface area contributed by atoms with Gasteiger partial charge in [-0.1, -0.05) is 50.6 Å². The SMILES string of the molecule is CCC1CCC(N(C)C(CN)C(C)c2ccccc2)CC1. The molecule has 2 rings (SSSR count). The van der Waals surface area contributed by atoms with Crippen LogP contribution in [-0.2, 0) is 0 Å². The van der Waals surface area contributed by atoms with Crippen LogP contribution in [0.5, 0.6) is 0 Å². The molecular formula is C19H32N2. The first kappa shape index (κ1) is 16.5. The van der Waals surface area contributed by atoms with Crippen molar-refractivity contribution in [3.63, 3.8) is 0 Å². The third kappa shape index (κ3) is 4.08. The Labute approximate surface area is 130 Å². The molecule has 0 amide bonds. The van der Waals surface area contributed by atoms with Gasteiger partial charge in [-0.3, -0.25) is 4.90 Å². The van der Waals surface area contributed by atoms with E-state index in [0.29, 0.717) is 18.0 Å². The van der Waals surface area contributed by atoms with Crippen molar-refractivity contribution < 1.29 is 0 Å². The molecule has 2 nitrogen and oxygen atoms in total. The largest absolute Gasteiger partial charge is 0.329 e. The van der Waals surface area contributed by atoms with Crippen LogP contribution in [-0.4, -0.2) is 30.6 Å². The summed E-state index contributed by atoms with van der Waals surface area (Å²) in [5.74, 6) is 1.45. The molecule has 2 unspecified atom stereocenters. The lowest BCUT2D eigenvalue weighted by atomic mass is 9.82. The molecule has 0 heterocycles. The van der Waals surface area contributed by atoms with Crippen LogP contribution in [0.15, 0.2) is 30.3 Å². The fourth-order valence-corrected chi connectivity index (χ4v) is 3.93. The summed E-state index contributed by atoms with van der Waals surface area (Å²) < 4.78 is 0. The number of rotatable bonds is 6. The van der Waals surface area contributed by atoms with Gasteiger partial charge < -0.3 is 5.73 Å². The van der Waals surface area contributed by atoms with E-state index in [0.717, 1.165) is 12.5 Å². The third-order valence-electron chi connectivity index (χ3n) is 5.64. The number of nitrogens with two attached hydrogens (primary N) is 1. The van der Waals surface area contributed by atoms with Crippen molar-refractivity contribution in [3.8, 4) is 0 Å². The van der Waals surface area contributed by atoms with Crippen LogP contribution in [0.3, 0.4) is 0 Å². The molecule has 1 aliphatic carbocycles. The molecule has 2 N–H and O–H groups in total. The molecule has 0 bridgehead atoms. The van der Waals surface area contributed by atoms with Crippen LogP contribution < -0.4 is 5.73 Å². The standard InChI is InChI=1S/C19H32N2/c1-4-16-10-12-18(13-11-16)21(3)19(14-20)15(2)17-8-6-5-7-9-17/h5-9,15-16,18-19H,4,10-14,20H2,1-3H3. The first-order valence-corrected chi connectivity index (χ1v) is 8.64. The second-order valence-electron chi connectivity index (χ2n) is 6.75. The minimum absolute atomic E-state index is 0.440. The highest BCUT2D eigenvalue weighted by Crippen LogP contribution is 2.32. The zero-order valence-electron chi connectivity index (χ0n) is 14.0. The highest BCUT2D eigenvalue weighted by Gasteiger charge is 2.29. The summed E-state index contributed by atoms with van der Waals surface area (Å²) in [5, 5.41) is 0. The van der Waals surface area contributed by atoms with Gasteiger partial charge in [0.1, 0.15) is 0 Å². The quantitative estimate of drug-likeness (QED) is 0.856. The maximum atomic E-state index is 6.13. The van der Waals surface area contributed by atoms with Gasteiger partial charge in [0.2, 0.25) is 0 Å². The molecule has 21 heavy (non-hydrogen) atoms. The molecule has 0 aliphatic heterocycles. The molecule has 2 heteroatoms. The predicted molar refractivity (Wildman–Crippen MR) is 91.5 cm³/mol. The van der Waals surface area contributed by atoms with Crippen molar-refractivity contribution in [2.75, 3.05) is 13.6 Å².